The standard InChI is InChI=1S/C50H67N9O7S/c1-10-58-39-16-15-33-22-35(39)36(43(58)34-14-11-19-51-41(34)32(4)65-9)24-48(5,6)29-66-30-50(28-60)18-13-21-59(54-50)45(62)37(23-40-52-38(33)25-67-40)53-44(61)42(31(2)3)56(8)47(64)57-26-49(27-57)17-12-20-55(7)46(49)63/h11,14-16,19,22,25,28,31-32,37,42,54H,10,12-13,17-18,20-21,23-24,26-27,29-30H2,1-9H3,(H,53,61)/t32-,37-,42-,50-/m0/s1. The van der Waals surface area contributed by atoms with Gasteiger partial charge < -0.3 is 38.9 Å². The number of aryl methyl sites for hydroxylation is 1. The maximum absolute atomic E-state index is 14.8. The third-order valence-electron chi connectivity index (χ3n) is 14.3. The Balaban J connectivity index is 1.15. The molecule has 0 unspecified atom stereocenters. The molecule has 4 aromatic rings. The van der Waals surface area contributed by atoms with E-state index in [4.69, 9.17) is 19.4 Å². The van der Waals surface area contributed by atoms with Gasteiger partial charge in [-0.15, -0.1) is 11.3 Å². The van der Waals surface area contributed by atoms with Crippen molar-refractivity contribution in [3.63, 3.8) is 0 Å². The second kappa shape index (κ2) is 19.0. The molecular formula is C50H67N9O7S. The zero-order valence-corrected chi connectivity index (χ0v) is 41.3. The SMILES string of the molecule is CCn1c(-c2cccnc2[C@H](C)OC)c2c3cc(ccc31)-c1csc(n1)C[C@H](NC(=O)[C@H](C(C)C)N(C)C(=O)N1CC3(CCCN(C)C3=O)C1)C(=O)N1CCC[C@](C=O)(COCC(C)(C)C2)N1. The number of aldehydes is 1. The molecule has 5 amide bonds. The first-order chi connectivity index (χ1) is 31.9. The van der Waals surface area contributed by atoms with E-state index in [9.17, 15) is 24.0 Å². The summed E-state index contributed by atoms with van der Waals surface area (Å²) in [6, 6.07) is 8.14. The van der Waals surface area contributed by atoms with Crippen LogP contribution in [0, 0.1) is 16.7 Å². The van der Waals surface area contributed by atoms with Crippen molar-refractivity contribution in [2.75, 3.05) is 60.6 Å². The number of methoxy groups -OCH3 is 1. The van der Waals surface area contributed by atoms with Crippen molar-refractivity contribution in [3.8, 4) is 22.5 Å². The number of pyridine rings is 1. The van der Waals surface area contributed by atoms with E-state index < -0.39 is 40.3 Å². The van der Waals surface area contributed by atoms with Crippen molar-refractivity contribution in [2.24, 2.45) is 16.7 Å². The fourth-order valence-electron chi connectivity index (χ4n) is 10.8. The highest BCUT2D eigenvalue weighted by molar-refractivity contribution is 7.10. The number of amides is 5. The molecule has 16 nitrogen and oxygen atoms in total. The Morgan fingerprint density at radius 3 is 2.58 bits per heavy atom. The number of hydrogen-bond donors (Lipinski definition) is 2. The van der Waals surface area contributed by atoms with Crippen LogP contribution in [0.4, 0.5) is 4.79 Å². The number of thiazole rings is 1. The highest BCUT2D eigenvalue weighted by Gasteiger charge is 2.54. The van der Waals surface area contributed by atoms with E-state index in [0.717, 1.165) is 63.8 Å². The van der Waals surface area contributed by atoms with Crippen molar-refractivity contribution in [1.29, 1.82) is 0 Å². The van der Waals surface area contributed by atoms with Crippen LogP contribution in [0.1, 0.15) is 89.6 Å². The predicted octanol–water partition coefficient (Wildman–Crippen LogP) is 5.88. The van der Waals surface area contributed by atoms with Crippen molar-refractivity contribution in [3.05, 3.63) is 58.2 Å². The topological polar surface area (TPSA) is 172 Å². The van der Waals surface area contributed by atoms with Gasteiger partial charge in [-0.05, 0) is 87.1 Å². The van der Waals surface area contributed by atoms with Gasteiger partial charge in [0.1, 0.15) is 23.9 Å². The van der Waals surface area contributed by atoms with Gasteiger partial charge in [0.2, 0.25) is 11.8 Å². The van der Waals surface area contributed by atoms with Crippen LogP contribution in [-0.2, 0) is 48.0 Å². The lowest BCUT2D eigenvalue weighted by molar-refractivity contribution is -0.155. The van der Waals surface area contributed by atoms with Gasteiger partial charge in [0, 0.05) is 94.0 Å². The van der Waals surface area contributed by atoms with E-state index in [2.05, 4.69) is 60.3 Å². The lowest BCUT2D eigenvalue weighted by atomic mass is 9.72. The molecule has 1 aromatic carbocycles. The van der Waals surface area contributed by atoms with Crippen LogP contribution in [0.3, 0.4) is 0 Å². The van der Waals surface area contributed by atoms with E-state index in [0.29, 0.717) is 63.6 Å². The molecule has 1 spiro atoms. The van der Waals surface area contributed by atoms with Crippen LogP contribution in [-0.4, -0.2) is 143 Å². The first kappa shape index (κ1) is 48.2. The molecule has 8 rings (SSSR count). The van der Waals surface area contributed by atoms with Gasteiger partial charge in [0.25, 0.3) is 5.91 Å². The molecule has 6 bridgehead atoms. The minimum Gasteiger partial charge on any atom is -0.378 e. The number of carbonyl (C=O) groups is 5. The third-order valence-corrected chi connectivity index (χ3v) is 15.2. The highest BCUT2D eigenvalue weighted by Crippen LogP contribution is 2.43. The summed E-state index contributed by atoms with van der Waals surface area (Å²) < 4.78 is 14.7. The molecule has 3 saturated heterocycles. The van der Waals surface area contributed by atoms with Gasteiger partial charge in [-0.3, -0.25) is 24.4 Å². The second-order valence-corrected chi connectivity index (χ2v) is 21.3. The van der Waals surface area contributed by atoms with Gasteiger partial charge in [-0.25, -0.2) is 15.2 Å². The molecule has 3 aromatic heterocycles. The lowest BCUT2D eigenvalue weighted by Gasteiger charge is -2.53. The first-order valence-corrected chi connectivity index (χ1v) is 24.6. The molecule has 4 aliphatic heterocycles. The third kappa shape index (κ3) is 9.23. The molecule has 0 saturated carbocycles. The van der Waals surface area contributed by atoms with Crippen molar-refractivity contribution in [1.82, 2.24) is 45.0 Å². The molecule has 2 N–H and O–H groups in total. The summed E-state index contributed by atoms with van der Waals surface area (Å²) >= 11 is 1.41. The zero-order valence-electron chi connectivity index (χ0n) is 40.5. The van der Waals surface area contributed by atoms with Crippen molar-refractivity contribution >= 4 is 52.3 Å². The molecule has 0 aliphatic carbocycles. The van der Waals surface area contributed by atoms with Crippen LogP contribution < -0.4 is 10.7 Å². The Labute approximate surface area is 397 Å². The Kier molecular flexibility index (Phi) is 13.7. The highest BCUT2D eigenvalue weighted by atomic mass is 32.1. The molecule has 4 aliphatic rings. The minimum atomic E-state index is -1.19. The number of ether oxygens (including phenoxy) is 2. The Hall–Kier alpha value is -5.23. The average molecular weight is 938 g/mol. The van der Waals surface area contributed by atoms with Crippen LogP contribution in [0.15, 0.2) is 41.9 Å². The molecular weight excluding hydrogens is 871 g/mol. The average Bonchev–Trinajstić information content (AvgIpc) is 3.89. The fraction of sp³-hybridized carbons (Fsp3) is 0.580. The Morgan fingerprint density at radius 1 is 1.10 bits per heavy atom. The van der Waals surface area contributed by atoms with Crippen LogP contribution in [0.25, 0.3) is 33.4 Å². The molecule has 4 atom stereocenters. The van der Waals surface area contributed by atoms with Gasteiger partial charge in [-0.1, -0.05) is 33.8 Å². The van der Waals surface area contributed by atoms with Crippen molar-refractivity contribution < 1.29 is 33.4 Å². The molecule has 17 heteroatoms. The number of urea groups is 1. The fourth-order valence-corrected chi connectivity index (χ4v) is 11.7. The molecule has 0 radical (unpaired) electrons. The van der Waals surface area contributed by atoms with Gasteiger partial charge in [0.05, 0.1) is 46.8 Å². The summed E-state index contributed by atoms with van der Waals surface area (Å²) in [6.07, 6.45) is 5.70. The number of nitrogens with zero attached hydrogens (tertiary/aromatic N) is 7. The van der Waals surface area contributed by atoms with Crippen molar-refractivity contribution in [2.45, 2.75) is 110 Å². The number of carbonyl (C=O) groups excluding carboxylic acids is 5. The maximum atomic E-state index is 14.8. The number of hydrogen-bond acceptors (Lipinski definition) is 11. The maximum Gasteiger partial charge on any atom is 0.320 e. The summed E-state index contributed by atoms with van der Waals surface area (Å²) in [5.74, 6) is -1.17. The van der Waals surface area contributed by atoms with E-state index >= 15 is 0 Å². The van der Waals surface area contributed by atoms with Crippen LogP contribution >= 0.6 is 11.3 Å². The van der Waals surface area contributed by atoms with E-state index in [1.54, 1.807) is 37.2 Å². The number of likely N-dealkylation sites (N-methyl/N-ethyl adjacent to an activating group) is 1. The molecule has 360 valence electrons. The second-order valence-electron chi connectivity index (χ2n) is 20.4. The van der Waals surface area contributed by atoms with Crippen LogP contribution in [0.2, 0.25) is 0 Å². The number of likely N-dealkylation sites (tertiary alicyclic amines) is 2. The molecule has 67 heavy (non-hydrogen) atoms. The Bertz CT molecular complexity index is 2530. The number of benzene rings is 1. The summed E-state index contributed by atoms with van der Waals surface area (Å²) in [4.78, 5) is 84.3. The smallest absolute Gasteiger partial charge is 0.320 e. The number of piperidine rings is 1. The number of nitrogens with one attached hydrogen (secondary N) is 2. The van der Waals surface area contributed by atoms with E-state index in [1.165, 1.54) is 21.2 Å². The first-order valence-electron chi connectivity index (χ1n) is 23.7. The van der Waals surface area contributed by atoms with E-state index in [-0.39, 0.29) is 37.0 Å². The number of hydrazine groups is 1. The lowest BCUT2D eigenvalue weighted by Crippen LogP contribution is -2.69. The molecule has 3 fully saturated rings. The number of aromatic nitrogens is 3. The number of rotatable bonds is 9. The summed E-state index contributed by atoms with van der Waals surface area (Å²) in [6.45, 7) is 14.9. The minimum absolute atomic E-state index is 0.0322. The summed E-state index contributed by atoms with van der Waals surface area (Å²) in [7, 11) is 5.10. The normalized spacial score (nSPS) is 22.9. The summed E-state index contributed by atoms with van der Waals surface area (Å²) in [5, 5.41) is 8.19. The quantitative estimate of drug-likeness (QED) is 0.193. The van der Waals surface area contributed by atoms with Gasteiger partial charge in [-0.2, -0.15) is 0 Å². The van der Waals surface area contributed by atoms with E-state index in [1.807, 2.05) is 32.2 Å². The zero-order chi connectivity index (χ0) is 48.0. The van der Waals surface area contributed by atoms with Crippen LogP contribution in [0.5, 0.6) is 0 Å². The Morgan fingerprint density at radius 2 is 1.87 bits per heavy atom. The van der Waals surface area contributed by atoms with Gasteiger partial charge >= 0.3 is 6.03 Å². The van der Waals surface area contributed by atoms with Gasteiger partial charge in [0.15, 0.2) is 0 Å². The predicted molar refractivity (Wildman–Crippen MR) is 257 cm³/mol. The molecule has 7 heterocycles. The largest absolute Gasteiger partial charge is 0.378 e. The number of fused-ring (bicyclic) bond motifs is 6. The summed E-state index contributed by atoms with van der Waals surface area (Å²) in [5.41, 5.74) is 7.87. The monoisotopic (exact) mass is 937 g/mol.